The van der Waals surface area contributed by atoms with Crippen LogP contribution in [0.3, 0.4) is 0 Å². The molecule has 1 amide bonds. The molecular formula is C25H27NO. The van der Waals surface area contributed by atoms with Gasteiger partial charge in [-0.05, 0) is 43.0 Å². The van der Waals surface area contributed by atoms with Crippen molar-refractivity contribution in [3.8, 4) is 0 Å². The maximum atomic E-state index is 12.9. The lowest BCUT2D eigenvalue weighted by Gasteiger charge is -2.21. The van der Waals surface area contributed by atoms with Crippen LogP contribution >= 0.6 is 0 Å². The Hall–Kier alpha value is -2.87. The van der Waals surface area contributed by atoms with E-state index in [4.69, 9.17) is 0 Å². The molecule has 1 N–H and O–H groups in total. The van der Waals surface area contributed by atoms with Crippen molar-refractivity contribution in [2.24, 2.45) is 0 Å². The van der Waals surface area contributed by atoms with E-state index in [9.17, 15) is 4.79 Å². The molecule has 27 heavy (non-hydrogen) atoms. The summed E-state index contributed by atoms with van der Waals surface area (Å²) in [7, 11) is 0. The Morgan fingerprint density at radius 2 is 1.41 bits per heavy atom. The van der Waals surface area contributed by atoms with Crippen molar-refractivity contribution < 1.29 is 4.79 Å². The summed E-state index contributed by atoms with van der Waals surface area (Å²) in [5.74, 6) is 0.124. The fourth-order valence-corrected chi connectivity index (χ4v) is 3.67. The van der Waals surface area contributed by atoms with Crippen molar-refractivity contribution >= 4 is 5.91 Å². The van der Waals surface area contributed by atoms with Gasteiger partial charge in [-0.1, -0.05) is 84.4 Å². The van der Waals surface area contributed by atoms with E-state index >= 15 is 0 Å². The van der Waals surface area contributed by atoms with Crippen LogP contribution < -0.4 is 5.32 Å². The molecule has 0 aliphatic carbocycles. The minimum absolute atomic E-state index is 0.00898. The molecule has 2 nitrogen and oxygen atoms in total. The van der Waals surface area contributed by atoms with Gasteiger partial charge in [-0.25, -0.2) is 0 Å². The SMILES string of the molecule is Cc1ccc([C@H](C)NC(=O)CC(c2ccccc2)c2ccccc2)c(C)c1. The van der Waals surface area contributed by atoms with Crippen LogP contribution in [-0.2, 0) is 4.79 Å². The van der Waals surface area contributed by atoms with E-state index in [1.807, 2.05) is 36.4 Å². The first-order chi connectivity index (χ1) is 13.0. The van der Waals surface area contributed by atoms with E-state index in [-0.39, 0.29) is 17.9 Å². The zero-order valence-corrected chi connectivity index (χ0v) is 16.3. The van der Waals surface area contributed by atoms with Crippen LogP contribution in [0.2, 0.25) is 0 Å². The first-order valence-electron chi connectivity index (χ1n) is 9.51. The highest BCUT2D eigenvalue weighted by molar-refractivity contribution is 5.78. The summed E-state index contributed by atoms with van der Waals surface area (Å²) in [5, 5.41) is 3.19. The molecule has 0 saturated carbocycles. The van der Waals surface area contributed by atoms with Gasteiger partial charge in [0.15, 0.2) is 0 Å². The molecule has 3 aromatic rings. The maximum absolute atomic E-state index is 12.9. The van der Waals surface area contributed by atoms with Gasteiger partial charge in [0.05, 0.1) is 6.04 Å². The van der Waals surface area contributed by atoms with Gasteiger partial charge in [0.1, 0.15) is 0 Å². The largest absolute Gasteiger partial charge is 0.350 e. The van der Waals surface area contributed by atoms with Crippen LogP contribution in [0.5, 0.6) is 0 Å². The molecule has 0 unspecified atom stereocenters. The highest BCUT2D eigenvalue weighted by Gasteiger charge is 2.20. The summed E-state index contributed by atoms with van der Waals surface area (Å²) in [4.78, 5) is 12.9. The molecule has 0 fully saturated rings. The Balaban J connectivity index is 1.77. The molecule has 0 heterocycles. The quantitative estimate of drug-likeness (QED) is 0.602. The van der Waals surface area contributed by atoms with Gasteiger partial charge in [0, 0.05) is 12.3 Å². The minimum Gasteiger partial charge on any atom is -0.350 e. The standard InChI is InChI=1S/C25H27NO/c1-18-14-15-23(19(2)16-18)20(3)26-25(27)17-24(21-10-6-4-7-11-21)22-12-8-5-9-13-22/h4-16,20,24H,17H2,1-3H3,(H,26,27)/t20-/m0/s1. The van der Waals surface area contributed by atoms with Gasteiger partial charge in [0.25, 0.3) is 0 Å². The first-order valence-corrected chi connectivity index (χ1v) is 9.51. The molecule has 0 aromatic heterocycles. The van der Waals surface area contributed by atoms with Gasteiger partial charge in [0.2, 0.25) is 5.91 Å². The van der Waals surface area contributed by atoms with E-state index in [1.54, 1.807) is 0 Å². The van der Waals surface area contributed by atoms with Crippen LogP contribution in [0.25, 0.3) is 0 Å². The highest BCUT2D eigenvalue weighted by Crippen LogP contribution is 2.28. The Morgan fingerprint density at radius 3 is 1.93 bits per heavy atom. The molecule has 0 bridgehead atoms. The zero-order chi connectivity index (χ0) is 19.2. The van der Waals surface area contributed by atoms with E-state index in [2.05, 4.69) is 68.6 Å². The Bertz CT molecular complexity index is 847. The zero-order valence-electron chi connectivity index (χ0n) is 16.3. The van der Waals surface area contributed by atoms with Gasteiger partial charge in [-0.15, -0.1) is 0 Å². The fourth-order valence-electron chi connectivity index (χ4n) is 3.67. The summed E-state index contributed by atoms with van der Waals surface area (Å²) in [5.41, 5.74) is 5.95. The molecule has 3 aromatic carbocycles. The number of carbonyl (C=O) groups excluding carboxylic acids is 1. The van der Waals surface area contributed by atoms with Crippen molar-refractivity contribution in [1.29, 1.82) is 0 Å². The van der Waals surface area contributed by atoms with E-state index in [0.29, 0.717) is 6.42 Å². The first kappa shape index (κ1) is 18.9. The molecule has 1 atom stereocenters. The Labute approximate surface area is 162 Å². The predicted octanol–water partition coefficient (Wildman–Crippen LogP) is 5.70. The van der Waals surface area contributed by atoms with Crippen LogP contribution in [0.1, 0.15) is 53.1 Å². The van der Waals surface area contributed by atoms with E-state index in [0.717, 1.165) is 11.1 Å². The molecule has 0 spiro atoms. The number of rotatable bonds is 6. The maximum Gasteiger partial charge on any atom is 0.221 e. The molecule has 3 rings (SSSR count). The summed E-state index contributed by atoms with van der Waals surface area (Å²) in [6.45, 7) is 6.24. The number of amides is 1. The summed E-state index contributed by atoms with van der Waals surface area (Å²) in [6, 6.07) is 26.9. The van der Waals surface area contributed by atoms with Crippen LogP contribution in [0.15, 0.2) is 78.9 Å². The van der Waals surface area contributed by atoms with Crippen molar-refractivity contribution in [3.05, 3.63) is 107 Å². The monoisotopic (exact) mass is 357 g/mol. The fraction of sp³-hybridized carbons (Fsp3) is 0.240. The predicted molar refractivity (Wildman–Crippen MR) is 112 cm³/mol. The molecule has 2 heteroatoms. The minimum atomic E-state index is -0.00898. The van der Waals surface area contributed by atoms with Crippen LogP contribution in [0, 0.1) is 13.8 Å². The summed E-state index contributed by atoms with van der Waals surface area (Å²) < 4.78 is 0. The van der Waals surface area contributed by atoms with Crippen molar-refractivity contribution in [2.45, 2.75) is 39.2 Å². The number of hydrogen-bond acceptors (Lipinski definition) is 1. The van der Waals surface area contributed by atoms with Gasteiger partial charge >= 0.3 is 0 Å². The van der Waals surface area contributed by atoms with E-state index in [1.165, 1.54) is 16.7 Å². The average molecular weight is 357 g/mol. The number of hydrogen-bond donors (Lipinski definition) is 1. The molecular weight excluding hydrogens is 330 g/mol. The third-order valence-corrected chi connectivity index (χ3v) is 5.06. The number of aryl methyl sites for hydroxylation is 2. The molecule has 0 saturated heterocycles. The highest BCUT2D eigenvalue weighted by atomic mass is 16.1. The lowest BCUT2D eigenvalue weighted by Crippen LogP contribution is -2.28. The Morgan fingerprint density at radius 1 is 0.852 bits per heavy atom. The van der Waals surface area contributed by atoms with Crippen LogP contribution in [0.4, 0.5) is 0 Å². The second kappa shape index (κ2) is 8.68. The van der Waals surface area contributed by atoms with Crippen molar-refractivity contribution in [3.63, 3.8) is 0 Å². The smallest absolute Gasteiger partial charge is 0.221 e. The van der Waals surface area contributed by atoms with Crippen LogP contribution in [-0.4, -0.2) is 5.91 Å². The Kier molecular flexibility index (Phi) is 6.08. The average Bonchev–Trinajstić information content (AvgIpc) is 2.67. The molecule has 0 aliphatic rings. The topological polar surface area (TPSA) is 29.1 Å². The van der Waals surface area contributed by atoms with E-state index < -0.39 is 0 Å². The van der Waals surface area contributed by atoms with Gasteiger partial charge in [-0.3, -0.25) is 4.79 Å². The third kappa shape index (κ3) is 4.85. The van der Waals surface area contributed by atoms with Gasteiger partial charge in [-0.2, -0.15) is 0 Å². The third-order valence-electron chi connectivity index (χ3n) is 5.06. The molecule has 0 radical (unpaired) electrons. The van der Waals surface area contributed by atoms with Crippen molar-refractivity contribution in [2.75, 3.05) is 0 Å². The number of carbonyl (C=O) groups is 1. The number of benzene rings is 3. The second-order valence-corrected chi connectivity index (χ2v) is 7.23. The summed E-state index contributed by atoms with van der Waals surface area (Å²) in [6.07, 6.45) is 0.434. The van der Waals surface area contributed by atoms with Crippen molar-refractivity contribution in [1.82, 2.24) is 5.32 Å². The molecule has 0 aliphatic heterocycles. The lowest BCUT2D eigenvalue weighted by atomic mass is 9.88. The molecule has 138 valence electrons. The normalized spacial score (nSPS) is 12.0. The summed E-state index contributed by atoms with van der Waals surface area (Å²) >= 11 is 0. The van der Waals surface area contributed by atoms with Gasteiger partial charge < -0.3 is 5.32 Å². The second-order valence-electron chi connectivity index (χ2n) is 7.23. The lowest BCUT2D eigenvalue weighted by molar-refractivity contribution is -0.121. The number of nitrogens with one attached hydrogen (secondary N) is 1.